The summed E-state index contributed by atoms with van der Waals surface area (Å²) in [4.78, 5) is 10.3. The molecule has 20 heavy (non-hydrogen) atoms. The molecule has 1 saturated heterocycles. The van der Waals surface area contributed by atoms with Gasteiger partial charge >= 0.3 is 0 Å². The van der Waals surface area contributed by atoms with E-state index in [2.05, 4.69) is 27.5 Å². The van der Waals surface area contributed by atoms with Crippen LogP contribution in [0.2, 0.25) is 0 Å². The molecule has 1 atom stereocenters. The van der Waals surface area contributed by atoms with Crippen molar-refractivity contribution in [2.45, 2.75) is 20.0 Å². The number of hydrogen-bond acceptors (Lipinski definition) is 6. The average molecular weight is 290 g/mol. The number of anilines is 2. The Hall–Kier alpha value is -1.50. The molecule has 0 aromatic carbocycles. The van der Waals surface area contributed by atoms with Crippen LogP contribution >= 0.6 is 11.3 Å². The highest BCUT2D eigenvalue weighted by Crippen LogP contribution is 2.25. The Morgan fingerprint density at radius 1 is 1.35 bits per heavy atom. The van der Waals surface area contributed by atoms with Crippen LogP contribution in [0, 0.1) is 13.8 Å². The number of nitrogens with one attached hydrogen (secondary N) is 2. The zero-order chi connectivity index (χ0) is 13.9. The molecule has 106 valence electrons. The lowest BCUT2D eigenvalue weighted by Gasteiger charge is -2.23. The van der Waals surface area contributed by atoms with Crippen LogP contribution in [-0.4, -0.2) is 29.7 Å². The highest BCUT2D eigenvalue weighted by atomic mass is 32.1. The zero-order valence-corrected chi connectivity index (χ0v) is 12.5. The molecular formula is C14H18N4OS. The van der Waals surface area contributed by atoms with E-state index in [1.807, 2.05) is 25.1 Å². The van der Waals surface area contributed by atoms with Gasteiger partial charge < -0.3 is 15.4 Å². The Balaban J connectivity index is 1.76. The molecule has 1 unspecified atom stereocenters. The summed E-state index contributed by atoms with van der Waals surface area (Å²) in [6.07, 6.45) is 0.0327. The van der Waals surface area contributed by atoms with Gasteiger partial charge in [0.2, 0.25) is 0 Å². The quantitative estimate of drug-likeness (QED) is 0.910. The van der Waals surface area contributed by atoms with E-state index >= 15 is 0 Å². The number of pyridine rings is 1. The molecule has 0 saturated carbocycles. The second-order valence-corrected chi connectivity index (χ2v) is 6.00. The zero-order valence-electron chi connectivity index (χ0n) is 11.6. The second-order valence-electron chi connectivity index (χ2n) is 4.80. The number of nitrogens with zero attached hydrogens (tertiary/aromatic N) is 2. The third-order valence-electron chi connectivity index (χ3n) is 3.29. The largest absolute Gasteiger partial charge is 0.369 e. The summed E-state index contributed by atoms with van der Waals surface area (Å²) < 4.78 is 5.73. The molecule has 0 bridgehead atoms. The number of aromatic nitrogens is 2. The van der Waals surface area contributed by atoms with Crippen molar-refractivity contribution in [1.29, 1.82) is 0 Å². The van der Waals surface area contributed by atoms with Gasteiger partial charge in [-0.15, -0.1) is 11.3 Å². The Kier molecular flexibility index (Phi) is 3.95. The molecule has 0 spiro atoms. The fourth-order valence-electron chi connectivity index (χ4n) is 2.09. The molecule has 1 fully saturated rings. The Labute approximate surface area is 122 Å². The Morgan fingerprint density at radius 3 is 2.95 bits per heavy atom. The minimum absolute atomic E-state index is 0.0327. The van der Waals surface area contributed by atoms with Crippen molar-refractivity contribution in [2.75, 3.05) is 25.0 Å². The predicted molar refractivity (Wildman–Crippen MR) is 80.7 cm³/mol. The highest BCUT2D eigenvalue weighted by molar-refractivity contribution is 7.15. The number of ether oxygens (including phenoxy) is 1. The smallest absolute Gasteiger partial charge is 0.188 e. The first-order valence-corrected chi connectivity index (χ1v) is 7.54. The number of aryl methyl sites for hydroxylation is 2. The predicted octanol–water partition coefficient (Wildman–Crippen LogP) is 2.56. The monoisotopic (exact) mass is 290 g/mol. The molecule has 2 aromatic heterocycles. The lowest BCUT2D eigenvalue weighted by Crippen LogP contribution is -2.33. The maximum absolute atomic E-state index is 5.73. The average Bonchev–Trinajstić information content (AvgIpc) is 2.78. The van der Waals surface area contributed by atoms with Gasteiger partial charge in [0.15, 0.2) is 5.13 Å². The summed E-state index contributed by atoms with van der Waals surface area (Å²) in [5.74, 6) is 0.811. The number of rotatable bonds is 3. The minimum Gasteiger partial charge on any atom is -0.369 e. The van der Waals surface area contributed by atoms with Crippen molar-refractivity contribution >= 4 is 22.3 Å². The molecule has 0 amide bonds. The fourth-order valence-corrected chi connectivity index (χ4v) is 2.91. The third-order valence-corrected chi connectivity index (χ3v) is 4.28. The van der Waals surface area contributed by atoms with Crippen molar-refractivity contribution in [1.82, 2.24) is 15.3 Å². The van der Waals surface area contributed by atoms with Crippen LogP contribution in [0.4, 0.5) is 10.9 Å². The van der Waals surface area contributed by atoms with Crippen LogP contribution < -0.4 is 10.6 Å². The van der Waals surface area contributed by atoms with E-state index < -0.39 is 0 Å². The van der Waals surface area contributed by atoms with E-state index in [4.69, 9.17) is 4.74 Å². The first-order valence-electron chi connectivity index (χ1n) is 6.73. The summed E-state index contributed by atoms with van der Waals surface area (Å²) in [6, 6.07) is 5.95. The van der Waals surface area contributed by atoms with E-state index in [-0.39, 0.29) is 6.10 Å². The third kappa shape index (κ3) is 2.98. The van der Waals surface area contributed by atoms with Gasteiger partial charge in [0.25, 0.3) is 0 Å². The van der Waals surface area contributed by atoms with Gasteiger partial charge in [-0.1, -0.05) is 6.07 Å². The number of hydrogen-bond donors (Lipinski definition) is 2. The molecule has 0 radical (unpaired) electrons. The topological polar surface area (TPSA) is 59.1 Å². The van der Waals surface area contributed by atoms with Gasteiger partial charge in [-0.2, -0.15) is 0 Å². The van der Waals surface area contributed by atoms with E-state index in [1.54, 1.807) is 11.3 Å². The molecule has 3 rings (SSSR count). The lowest BCUT2D eigenvalue weighted by atomic mass is 10.2. The molecule has 2 N–H and O–H groups in total. The lowest BCUT2D eigenvalue weighted by molar-refractivity contribution is 0.0251. The summed E-state index contributed by atoms with van der Waals surface area (Å²) >= 11 is 1.64. The summed E-state index contributed by atoms with van der Waals surface area (Å²) in [7, 11) is 0. The Morgan fingerprint density at radius 2 is 2.25 bits per heavy atom. The normalized spacial score (nSPS) is 19.0. The molecule has 0 aliphatic carbocycles. The summed E-state index contributed by atoms with van der Waals surface area (Å²) in [5, 5.41) is 7.46. The molecular weight excluding hydrogens is 272 g/mol. The van der Waals surface area contributed by atoms with Crippen molar-refractivity contribution in [3.63, 3.8) is 0 Å². The van der Waals surface area contributed by atoms with Crippen molar-refractivity contribution < 1.29 is 4.74 Å². The SMILES string of the molecule is Cc1nc(Nc2cccc(C3CNCCO3)n2)sc1C. The second kappa shape index (κ2) is 5.87. The van der Waals surface area contributed by atoms with Crippen molar-refractivity contribution in [3.05, 3.63) is 34.5 Å². The maximum atomic E-state index is 5.73. The van der Waals surface area contributed by atoms with Crippen LogP contribution in [0.1, 0.15) is 22.4 Å². The van der Waals surface area contributed by atoms with Crippen LogP contribution in [0.5, 0.6) is 0 Å². The number of morpholine rings is 1. The van der Waals surface area contributed by atoms with Gasteiger partial charge in [-0.05, 0) is 26.0 Å². The van der Waals surface area contributed by atoms with E-state index in [0.29, 0.717) is 0 Å². The molecule has 1 aliphatic heterocycles. The van der Waals surface area contributed by atoms with Crippen LogP contribution in [0.3, 0.4) is 0 Å². The number of thiazole rings is 1. The van der Waals surface area contributed by atoms with E-state index in [9.17, 15) is 0 Å². The summed E-state index contributed by atoms with van der Waals surface area (Å²) in [6.45, 7) is 6.54. The van der Waals surface area contributed by atoms with Gasteiger partial charge in [-0.3, -0.25) is 0 Å². The fraction of sp³-hybridized carbons (Fsp3) is 0.429. The molecule has 1 aliphatic rings. The maximum Gasteiger partial charge on any atom is 0.188 e. The van der Waals surface area contributed by atoms with E-state index in [1.165, 1.54) is 4.88 Å². The standard InChI is InChI=1S/C14H18N4OS/c1-9-10(2)20-14(16-9)18-13-5-3-4-11(17-13)12-8-15-6-7-19-12/h3-5,12,15H,6-8H2,1-2H3,(H,16,17,18). The minimum atomic E-state index is 0.0327. The van der Waals surface area contributed by atoms with Crippen molar-refractivity contribution in [2.24, 2.45) is 0 Å². The van der Waals surface area contributed by atoms with Crippen molar-refractivity contribution in [3.8, 4) is 0 Å². The van der Waals surface area contributed by atoms with Crippen LogP contribution in [-0.2, 0) is 4.74 Å². The molecule has 2 aromatic rings. The van der Waals surface area contributed by atoms with Gasteiger partial charge in [0.05, 0.1) is 18.0 Å². The molecule has 6 heteroatoms. The van der Waals surface area contributed by atoms with E-state index in [0.717, 1.165) is 42.0 Å². The first-order chi connectivity index (χ1) is 9.72. The van der Waals surface area contributed by atoms with Gasteiger partial charge in [-0.25, -0.2) is 9.97 Å². The van der Waals surface area contributed by atoms with Gasteiger partial charge in [0, 0.05) is 18.0 Å². The summed E-state index contributed by atoms with van der Waals surface area (Å²) in [5.41, 5.74) is 2.01. The Bertz CT molecular complexity index is 573. The van der Waals surface area contributed by atoms with Gasteiger partial charge in [0.1, 0.15) is 11.9 Å². The highest BCUT2D eigenvalue weighted by Gasteiger charge is 2.17. The van der Waals surface area contributed by atoms with Crippen LogP contribution in [0.15, 0.2) is 18.2 Å². The molecule has 5 nitrogen and oxygen atoms in total. The first kappa shape index (κ1) is 13.5. The molecule has 3 heterocycles. The van der Waals surface area contributed by atoms with Crippen LogP contribution in [0.25, 0.3) is 0 Å².